The van der Waals surface area contributed by atoms with Crippen LogP contribution in [0.2, 0.25) is 0 Å². The third-order valence-electron chi connectivity index (χ3n) is 9.59. The average molecular weight is 815 g/mol. The van der Waals surface area contributed by atoms with Crippen LogP contribution in [0.25, 0.3) is 22.3 Å². The highest BCUT2D eigenvalue weighted by Gasteiger charge is 2.82. The molecule has 2 aliphatic rings. The summed E-state index contributed by atoms with van der Waals surface area (Å²) in [6.07, 6.45) is 0. The van der Waals surface area contributed by atoms with Gasteiger partial charge in [-0.05, 0) is 100 Å². The SMILES string of the molecule is Cc1csc(C)c1C1=C(c2c(C)sc(C#Cc3sc(C)c(C4=C(c5c(C)csc5C)C(F)(F)C(F)(F)C4(F)F)c3C)c2C)C(F)(F)C(F)(F)C1(F)F. The fraction of sp³-hybridized carbons (Fsp3) is 0.389. The molecule has 4 heterocycles. The predicted molar refractivity (Wildman–Crippen MR) is 184 cm³/mol. The van der Waals surface area contributed by atoms with Crippen LogP contribution < -0.4 is 0 Å². The Kier molecular flexibility index (Phi) is 8.75. The molecule has 0 radical (unpaired) electrons. The molecule has 278 valence electrons. The molecular weight excluding hydrogens is 789 g/mol. The Morgan fingerprint density at radius 2 is 0.673 bits per heavy atom. The van der Waals surface area contributed by atoms with Gasteiger partial charge in [0.1, 0.15) is 0 Å². The lowest BCUT2D eigenvalue weighted by Gasteiger charge is -2.26. The third-order valence-corrected chi connectivity index (χ3v) is 13.9. The van der Waals surface area contributed by atoms with Gasteiger partial charge in [0, 0.05) is 64.1 Å². The monoisotopic (exact) mass is 814 g/mol. The van der Waals surface area contributed by atoms with E-state index in [9.17, 15) is 17.6 Å². The molecule has 0 N–H and O–H groups in total. The Labute approximate surface area is 306 Å². The number of alkyl halides is 12. The zero-order chi connectivity index (χ0) is 39.0. The minimum Gasteiger partial charge on any atom is -0.194 e. The number of rotatable bonds is 4. The molecule has 2 aliphatic carbocycles. The number of hydrogen-bond donors (Lipinski definition) is 0. The second-order valence-electron chi connectivity index (χ2n) is 12.9. The maximum atomic E-state index is 15.6. The summed E-state index contributed by atoms with van der Waals surface area (Å²) in [5.41, 5.74) is -7.93. The first-order valence-corrected chi connectivity index (χ1v) is 18.7. The molecule has 52 heavy (non-hydrogen) atoms. The second kappa shape index (κ2) is 11.7. The lowest BCUT2D eigenvalue weighted by Crippen LogP contribution is -2.49. The van der Waals surface area contributed by atoms with Crippen LogP contribution in [0.4, 0.5) is 52.7 Å². The largest absolute Gasteiger partial charge is 0.380 e. The number of aryl methyl sites for hydroxylation is 6. The van der Waals surface area contributed by atoms with Crippen LogP contribution in [0, 0.1) is 67.2 Å². The summed E-state index contributed by atoms with van der Waals surface area (Å²) in [7, 11) is 0. The topological polar surface area (TPSA) is 0 Å². The summed E-state index contributed by atoms with van der Waals surface area (Å²) < 4.78 is 184. The van der Waals surface area contributed by atoms with Gasteiger partial charge in [-0.1, -0.05) is 0 Å². The number of halogens is 12. The second-order valence-corrected chi connectivity index (χ2v) is 17.5. The predicted octanol–water partition coefficient (Wildman–Crippen LogP) is 13.5. The van der Waals surface area contributed by atoms with Crippen LogP contribution >= 0.6 is 45.3 Å². The minimum absolute atomic E-state index is 0.00635. The van der Waals surface area contributed by atoms with Gasteiger partial charge in [-0.2, -0.15) is 52.7 Å². The van der Waals surface area contributed by atoms with E-state index >= 15 is 35.1 Å². The van der Waals surface area contributed by atoms with Crippen LogP contribution in [0.15, 0.2) is 10.8 Å². The molecule has 0 amide bonds. The molecule has 0 unspecified atom stereocenters. The summed E-state index contributed by atoms with van der Waals surface area (Å²) in [5.74, 6) is -27.3. The van der Waals surface area contributed by atoms with Crippen molar-refractivity contribution in [3.63, 3.8) is 0 Å². The van der Waals surface area contributed by atoms with Gasteiger partial charge in [0.2, 0.25) is 0 Å². The lowest BCUT2D eigenvalue weighted by atomic mass is 9.91. The van der Waals surface area contributed by atoms with Gasteiger partial charge in [-0.25, -0.2) is 0 Å². The summed E-state index contributed by atoms with van der Waals surface area (Å²) in [6.45, 7) is 10.5. The van der Waals surface area contributed by atoms with E-state index in [1.807, 2.05) is 0 Å². The Morgan fingerprint density at radius 1 is 0.404 bits per heavy atom. The van der Waals surface area contributed by atoms with Crippen molar-refractivity contribution in [2.24, 2.45) is 0 Å². The van der Waals surface area contributed by atoms with E-state index in [0.29, 0.717) is 0 Å². The first kappa shape index (κ1) is 38.7. The van der Waals surface area contributed by atoms with Gasteiger partial charge in [-0.3, -0.25) is 0 Å². The summed E-state index contributed by atoms with van der Waals surface area (Å²) in [4.78, 5) is 0.197. The van der Waals surface area contributed by atoms with Crippen molar-refractivity contribution < 1.29 is 52.7 Å². The van der Waals surface area contributed by atoms with E-state index in [4.69, 9.17) is 0 Å². The van der Waals surface area contributed by atoms with E-state index < -0.39 is 80.1 Å². The molecule has 0 aromatic carbocycles. The molecule has 0 aliphatic heterocycles. The third kappa shape index (κ3) is 4.80. The molecule has 0 saturated carbocycles. The summed E-state index contributed by atoms with van der Waals surface area (Å²) in [6, 6.07) is 0. The minimum atomic E-state index is -5.77. The van der Waals surface area contributed by atoms with Gasteiger partial charge in [-0.15, -0.1) is 45.3 Å². The highest BCUT2D eigenvalue weighted by Crippen LogP contribution is 2.68. The first-order valence-electron chi connectivity index (χ1n) is 15.3. The van der Waals surface area contributed by atoms with Crippen LogP contribution in [0.3, 0.4) is 0 Å². The fourth-order valence-electron chi connectivity index (χ4n) is 7.06. The van der Waals surface area contributed by atoms with Gasteiger partial charge in [0.05, 0.1) is 9.75 Å². The van der Waals surface area contributed by atoms with Crippen molar-refractivity contribution in [2.45, 2.75) is 90.9 Å². The highest BCUT2D eigenvalue weighted by atomic mass is 32.1. The summed E-state index contributed by atoms with van der Waals surface area (Å²) in [5, 5.41) is 2.80. The van der Waals surface area contributed by atoms with Crippen LogP contribution in [0.5, 0.6) is 0 Å². The Bertz CT molecular complexity index is 2110. The summed E-state index contributed by atoms with van der Waals surface area (Å²) >= 11 is 3.38. The maximum absolute atomic E-state index is 15.6. The van der Waals surface area contributed by atoms with E-state index in [1.54, 1.807) is 0 Å². The lowest BCUT2D eigenvalue weighted by molar-refractivity contribution is -0.254. The molecule has 0 nitrogen and oxygen atoms in total. The fourth-order valence-corrected chi connectivity index (χ4v) is 10.8. The van der Waals surface area contributed by atoms with Crippen LogP contribution in [-0.2, 0) is 0 Å². The normalized spacial score (nSPS) is 20.9. The molecule has 0 bridgehead atoms. The van der Waals surface area contributed by atoms with Crippen molar-refractivity contribution in [1.29, 1.82) is 0 Å². The number of thiophene rings is 4. The van der Waals surface area contributed by atoms with Gasteiger partial charge in [0.25, 0.3) is 0 Å². The van der Waals surface area contributed by atoms with E-state index in [0.717, 1.165) is 45.3 Å². The van der Waals surface area contributed by atoms with E-state index in [2.05, 4.69) is 11.8 Å². The standard InChI is InChI=1S/C36H26F12S4/c1-13-11-49-17(5)23(13)27-29(33(41,42)35(45,46)31(27,37)38)25-15(3)21(51-19(25)7)9-10-22-16(4)26(20(8)52-22)30-28(24-14(2)12-50-18(24)6)32(39,40)36(47,48)34(30,43)44/h11-12H,1-8H3. The Morgan fingerprint density at radius 3 is 0.923 bits per heavy atom. The number of hydrogen-bond acceptors (Lipinski definition) is 4. The Balaban J connectivity index is 1.55. The smallest absolute Gasteiger partial charge is 0.194 e. The van der Waals surface area contributed by atoms with E-state index in [-0.39, 0.29) is 51.5 Å². The molecule has 0 fully saturated rings. The van der Waals surface area contributed by atoms with Gasteiger partial charge < -0.3 is 0 Å². The molecule has 16 heteroatoms. The highest BCUT2D eigenvalue weighted by molar-refractivity contribution is 7.13. The molecule has 0 atom stereocenters. The zero-order valence-electron chi connectivity index (χ0n) is 28.3. The molecular formula is C36H26F12S4. The van der Waals surface area contributed by atoms with Gasteiger partial charge in [0.15, 0.2) is 0 Å². The Hall–Kier alpha value is -3.00. The molecule has 4 aromatic heterocycles. The number of allylic oxidation sites excluding steroid dienone is 4. The van der Waals surface area contributed by atoms with E-state index in [1.165, 1.54) is 66.2 Å². The molecule has 6 rings (SSSR count). The first-order chi connectivity index (χ1) is 23.7. The van der Waals surface area contributed by atoms with Crippen molar-refractivity contribution in [3.8, 4) is 11.8 Å². The average Bonchev–Trinajstić information content (AvgIpc) is 3.75. The van der Waals surface area contributed by atoms with Crippen LogP contribution in [-0.4, -0.2) is 35.5 Å². The van der Waals surface area contributed by atoms with Crippen molar-refractivity contribution in [2.75, 3.05) is 0 Å². The molecule has 4 aromatic rings. The maximum Gasteiger partial charge on any atom is 0.380 e. The quantitative estimate of drug-likeness (QED) is 0.142. The molecule has 0 spiro atoms. The van der Waals surface area contributed by atoms with Crippen molar-refractivity contribution in [1.82, 2.24) is 0 Å². The zero-order valence-corrected chi connectivity index (χ0v) is 31.6. The van der Waals surface area contributed by atoms with Crippen LogP contribution in [0.1, 0.15) is 73.8 Å². The van der Waals surface area contributed by atoms with Crippen molar-refractivity contribution in [3.05, 3.63) is 84.5 Å². The molecule has 0 saturated heterocycles. The van der Waals surface area contributed by atoms with Gasteiger partial charge >= 0.3 is 35.5 Å². The van der Waals surface area contributed by atoms with Crippen molar-refractivity contribution >= 4 is 67.6 Å².